The second kappa shape index (κ2) is 11.6. The molecule has 2 aromatic carbocycles. The maximum Gasteiger partial charge on any atom is 0.336 e. The molecule has 10 nitrogen and oxygen atoms in total. The van der Waals surface area contributed by atoms with Crippen molar-refractivity contribution in [2.75, 3.05) is 51.3 Å². The van der Waals surface area contributed by atoms with Crippen LogP contribution in [0.1, 0.15) is 24.1 Å². The van der Waals surface area contributed by atoms with Gasteiger partial charge in [-0.15, -0.1) is 5.10 Å². The molecule has 0 radical (unpaired) electrons. The molecule has 10 heteroatoms. The first-order chi connectivity index (χ1) is 20.0. The minimum Gasteiger partial charge on any atom is -0.461 e. The van der Waals surface area contributed by atoms with Crippen LogP contribution in [0, 0.1) is 6.57 Å². The zero-order chi connectivity index (χ0) is 28.3. The van der Waals surface area contributed by atoms with Gasteiger partial charge in [0, 0.05) is 32.1 Å². The summed E-state index contributed by atoms with van der Waals surface area (Å²) in [7, 11) is 2.12. The van der Waals surface area contributed by atoms with Gasteiger partial charge in [-0.2, -0.15) is 4.98 Å². The number of likely N-dealkylation sites (N-methyl/N-ethyl adjacent to an activating group) is 1. The Morgan fingerprint density at radius 1 is 1.17 bits per heavy atom. The van der Waals surface area contributed by atoms with Gasteiger partial charge < -0.3 is 24.3 Å². The fourth-order valence-corrected chi connectivity index (χ4v) is 5.92. The van der Waals surface area contributed by atoms with E-state index in [1.807, 2.05) is 16.8 Å². The molecule has 0 spiro atoms. The number of carbonyl (C=O) groups is 1. The van der Waals surface area contributed by atoms with Gasteiger partial charge in [0.05, 0.1) is 11.9 Å². The van der Waals surface area contributed by atoms with Crippen molar-refractivity contribution in [3.63, 3.8) is 0 Å². The van der Waals surface area contributed by atoms with Gasteiger partial charge in [-0.25, -0.2) is 16.1 Å². The first-order valence-electron chi connectivity index (χ1n) is 14.1. The molecule has 2 aliphatic rings. The van der Waals surface area contributed by atoms with Crippen LogP contribution in [0.4, 0.5) is 5.82 Å². The van der Waals surface area contributed by atoms with Crippen LogP contribution in [-0.4, -0.2) is 93.8 Å². The molecule has 6 rings (SSSR count). The highest BCUT2D eigenvalue weighted by Crippen LogP contribution is 2.27. The van der Waals surface area contributed by atoms with Crippen LogP contribution in [0.2, 0.25) is 0 Å². The third-order valence-electron chi connectivity index (χ3n) is 8.21. The molecule has 0 N–H and O–H groups in total. The zero-order valence-corrected chi connectivity index (χ0v) is 23.3. The summed E-state index contributed by atoms with van der Waals surface area (Å²) < 4.78 is 8.06. The van der Waals surface area contributed by atoms with Gasteiger partial charge in [-0.1, -0.05) is 49.0 Å². The zero-order valence-electron chi connectivity index (χ0n) is 23.3. The van der Waals surface area contributed by atoms with Gasteiger partial charge in [0.2, 0.25) is 12.5 Å². The third-order valence-corrected chi connectivity index (χ3v) is 8.21. The molecule has 2 aliphatic heterocycles. The van der Waals surface area contributed by atoms with Gasteiger partial charge in [0.15, 0.2) is 11.5 Å². The summed E-state index contributed by atoms with van der Waals surface area (Å²) in [6, 6.07) is 15.2. The minimum absolute atomic E-state index is 0.158. The van der Waals surface area contributed by atoms with E-state index in [0.29, 0.717) is 56.2 Å². The van der Waals surface area contributed by atoms with Crippen LogP contribution < -0.4 is 9.64 Å². The summed E-state index contributed by atoms with van der Waals surface area (Å²) in [5.41, 5.74) is 2.73. The van der Waals surface area contributed by atoms with Crippen LogP contribution in [0.25, 0.3) is 21.3 Å². The lowest BCUT2D eigenvalue weighted by atomic mass is 10.0. The fourth-order valence-electron chi connectivity index (χ4n) is 5.92. The molecule has 4 aromatic rings. The molecule has 210 valence electrons. The van der Waals surface area contributed by atoms with Crippen molar-refractivity contribution >= 4 is 28.1 Å². The largest absolute Gasteiger partial charge is 0.461 e. The van der Waals surface area contributed by atoms with E-state index in [9.17, 15) is 4.79 Å². The smallest absolute Gasteiger partial charge is 0.336 e. The maximum atomic E-state index is 12.5. The number of ether oxygens (including phenoxy) is 1. The maximum absolute atomic E-state index is 12.5. The summed E-state index contributed by atoms with van der Waals surface area (Å²) in [6.07, 6.45) is 6.06. The predicted octanol–water partition coefficient (Wildman–Crippen LogP) is 3.46. The lowest BCUT2D eigenvalue weighted by Gasteiger charge is -2.39. The molecule has 0 saturated carbocycles. The highest BCUT2D eigenvalue weighted by molar-refractivity contribution is 5.87. The van der Waals surface area contributed by atoms with Crippen molar-refractivity contribution < 1.29 is 9.53 Å². The van der Waals surface area contributed by atoms with Crippen LogP contribution >= 0.6 is 0 Å². The van der Waals surface area contributed by atoms with Crippen LogP contribution in [0.5, 0.6) is 6.01 Å². The average molecular weight is 551 g/mol. The number of hydrogen-bond acceptors (Lipinski definition) is 7. The summed E-state index contributed by atoms with van der Waals surface area (Å²) >= 11 is 0. The van der Waals surface area contributed by atoms with E-state index < -0.39 is 0 Å². The third kappa shape index (κ3) is 5.45. The van der Waals surface area contributed by atoms with Gasteiger partial charge in [-0.05, 0) is 48.8 Å². The van der Waals surface area contributed by atoms with E-state index in [-0.39, 0.29) is 18.5 Å². The van der Waals surface area contributed by atoms with E-state index in [4.69, 9.17) is 26.4 Å². The van der Waals surface area contributed by atoms with E-state index >= 15 is 0 Å². The Morgan fingerprint density at radius 2 is 2.02 bits per heavy atom. The summed E-state index contributed by atoms with van der Waals surface area (Å²) in [5.74, 6) is 0.495. The number of rotatable bonds is 8. The molecule has 41 heavy (non-hydrogen) atoms. The van der Waals surface area contributed by atoms with Crippen LogP contribution in [-0.2, 0) is 11.2 Å². The molecule has 4 heterocycles. The molecule has 2 saturated heterocycles. The fraction of sp³-hybridized carbons (Fsp3) is 0.387. The molecular weight excluding hydrogens is 516 g/mol. The number of piperazine rings is 1. The molecule has 2 fully saturated rings. The highest BCUT2D eigenvalue weighted by Gasteiger charge is 2.34. The molecule has 2 aromatic heterocycles. The molecule has 0 unspecified atom stereocenters. The number of benzene rings is 2. The first-order valence-corrected chi connectivity index (χ1v) is 14.1. The number of carbonyl (C=O) groups excluding carboxylic acids is 1. The van der Waals surface area contributed by atoms with E-state index in [2.05, 4.69) is 64.7 Å². The van der Waals surface area contributed by atoms with Crippen molar-refractivity contribution in [3.05, 3.63) is 84.0 Å². The monoisotopic (exact) mass is 550 g/mol. The van der Waals surface area contributed by atoms with Gasteiger partial charge in [0.25, 0.3) is 0 Å². The topological polar surface area (TPSA) is 83.5 Å². The van der Waals surface area contributed by atoms with Crippen LogP contribution in [0.3, 0.4) is 0 Å². The Labute approximate surface area is 239 Å². The summed E-state index contributed by atoms with van der Waals surface area (Å²) in [6.45, 7) is 14.4. The van der Waals surface area contributed by atoms with Crippen LogP contribution in [0.15, 0.2) is 61.3 Å². The lowest BCUT2D eigenvalue weighted by Crippen LogP contribution is -2.56. The van der Waals surface area contributed by atoms with Crippen molar-refractivity contribution in [1.82, 2.24) is 29.4 Å². The quantitative estimate of drug-likeness (QED) is 0.245. The Hall–Kier alpha value is -4.49. The molecule has 0 aliphatic carbocycles. The SMILES string of the molecule is [C-]#[N+]C[C@H]1CN(c2nc(OC[C@@H]3CCCN3C)nn3c(Cc4ccc5ccccc5c4)cnc23)CCN1C(=O)C=C. The highest BCUT2D eigenvalue weighted by atomic mass is 16.5. The number of anilines is 1. The number of aromatic nitrogens is 4. The van der Waals surface area contributed by atoms with Crippen molar-refractivity contribution in [2.24, 2.45) is 0 Å². The van der Waals surface area contributed by atoms with Crippen molar-refractivity contribution in [2.45, 2.75) is 31.3 Å². The number of amides is 1. The Bertz CT molecular complexity index is 1630. The van der Waals surface area contributed by atoms with E-state index in [1.165, 1.54) is 16.8 Å². The van der Waals surface area contributed by atoms with Crippen molar-refractivity contribution in [1.29, 1.82) is 0 Å². The van der Waals surface area contributed by atoms with E-state index in [0.717, 1.165) is 30.6 Å². The standard InChI is InChI=1S/C31H34N8O2/c1-4-28(40)38-15-14-37(20-27(38)18-32-2)30-29-33-19-26(17-22-11-12-23-8-5-6-9-24(23)16-22)39(29)35-31(34-30)41-21-25-10-7-13-36(25)3/h4-6,8-9,11-12,16,19,25,27H,1,7,10,13-15,17-18,20-21H2,3H3/t25-,27-/m0/s1. The molecule has 0 bridgehead atoms. The Morgan fingerprint density at radius 3 is 2.80 bits per heavy atom. The molecule has 2 atom stereocenters. The van der Waals surface area contributed by atoms with Gasteiger partial charge >= 0.3 is 6.01 Å². The minimum atomic E-state index is -0.273. The summed E-state index contributed by atoms with van der Waals surface area (Å²) in [4.78, 5) is 31.8. The average Bonchev–Trinajstić information content (AvgIpc) is 3.60. The number of imidazole rings is 1. The first kappa shape index (κ1) is 26.7. The number of fused-ring (bicyclic) bond motifs is 2. The predicted molar refractivity (Wildman–Crippen MR) is 158 cm³/mol. The van der Waals surface area contributed by atoms with Gasteiger partial charge in [-0.3, -0.25) is 4.79 Å². The van der Waals surface area contributed by atoms with Crippen molar-refractivity contribution in [3.8, 4) is 6.01 Å². The Kier molecular flexibility index (Phi) is 7.53. The number of likely N-dealkylation sites (tertiary alicyclic amines) is 1. The Balaban J connectivity index is 1.35. The second-order valence-corrected chi connectivity index (χ2v) is 10.8. The normalized spacial score (nSPS) is 19.5. The van der Waals surface area contributed by atoms with Gasteiger partial charge in [0.1, 0.15) is 12.6 Å². The molecule has 1 amide bonds. The molecular formula is C31H34N8O2. The van der Waals surface area contributed by atoms with E-state index in [1.54, 1.807) is 4.90 Å². The lowest BCUT2D eigenvalue weighted by molar-refractivity contribution is -0.128. The number of hydrogen-bond donors (Lipinski definition) is 0. The number of nitrogens with zero attached hydrogens (tertiary/aromatic N) is 8. The summed E-state index contributed by atoms with van der Waals surface area (Å²) in [5, 5.41) is 7.19. The second-order valence-electron chi connectivity index (χ2n) is 10.8.